The standard InChI is InChI=1S/C19H31N3O2S2/c1-15-18(16(2)24-20-15)14-21-9-5-10-22(12-11-21)19(23)7-4-3-6-17-8-13-25-26-17/h17H,3-14H2,1-2H3. The summed E-state index contributed by atoms with van der Waals surface area (Å²) in [5.74, 6) is 2.56. The number of nitrogens with zero attached hydrogens (tertiary/aromatic N) is 3. The third kappa shape index (κ3) is 5.67. The van der Waals surface area contributed by atoms with E-state index >= 15 is 0 Å². The Labute approximate surface area is 165 Å². The molecule has 2 aliphatic heterocycles. The smallest absolute Gasteiger partial charge is 0.222 e. The van der Waals surface area contributed by atoms with E-state index in [0.29, 0.717) is 12.3 Å². The maximum absolute atomic E-state index is 12.6. The van der Waals surface area contributed by atoms with E-state index in [1.165, 1.54) is 30.6 Å². The fourth-order valence-corrected chi connectivity index (χ4v) is 6.73. The van der Waals surface area contributed by atoms with E-state index in [1.807, 2.05) is 35.4 Å². The number of unbranched alkanes of at least 4 members (excludes halogenated alkanes) is 1. The minimum atomic E-state index is 0.345. The predicted octanol–water partition coefficient (Wildman–Crippen LogP) is 4.04. The zero-order chi connectivity index (χ0) is 18.4. The molecule has 3 heterocycles. The Kier molecular flexibility index (Phi) is 7.76. The van der Waals surface area contributed by atoms with Crippen LogP contribution >= 0.6 is 21.6 Å². The van der Waals surface area contributed by atoms with Gasteiger partial charge in [-0.3, -0.25) is 9.69 Å². The van der Waals surface area contributed by atoms with Gasteiger partial charge in [0.05, 0.1) is 5.69 Å². The Hall–Kier alpha value is -0.660. The molecule has 2 saturated heterocycles. The van der Waals surface area contributed by atoms with Gasteiger partial charge in [-0.1, -0.05) is 33.2 Å². The van der Waals surface area contributed by atoms with Crippen molar-refractivity contribution in [2.75, 3.05) is 31.9 Å². The number of rotatable bonds is 7. The van der Waals surface area contributed by atoms with Crippen molar-refractivity contribution < 1.29 is 9.32 Å². The highest BCUT2D eigenvalue weighted by Crippen LogP contribution is 2.39. The van der Waals surface area contributed by atoms with Crippen molar-refractivity contribution in [3.05, 3.63) is 17.0 Å². The Morgan fingerprint density at radius 3 is 2.85 bits per heavy atom. The van der Waals surface area contributed by atoms with Crippen molar-refractivity contribution in [2.45, 2.75) is 64.2 Å². The van der Waals surface area contributed by atoms with Crippen LogP contribution in [0.4, 0.5) is 0 Å². The van der Waals surface area contributed by atoms with Gasteiger partial charge in [-0.15, -0.1) is 0 Å². The molecule has 2 fully saturated rings. The first-order valence-electron chi connectivity index (χ1n) is 9.83. The maximum atomic E-state index is 12.6. The van der Waals surface area contributed by atoms with Gasteiger partial charge in [0.2, 0.25) is 5.91 Å². The van der Waals surface area contributed by atoms with E-state index in [2.05, 4.69) is 15.0 Å². The monoisotopic (exact) mass is 397 g/mol. The molecule has 1 amide bonds. The SMILES string of the molecule is Cc1noc(C)c1CN1CCCN(C(=O)CCCCC2CCSS2)CC1. The van der Waals surface area contributed by atoms with Crippen molar-refractivity contribution in [3.8, 4) is 0 Å². The van der Waals surface area contributed by atoms with E-state index in [-0.39, 0.29) is 0 Å². The largest absolute Gasteiger partial charge is 0.361 e. The molecule has 146 valence electrons. The molecule has 5 nitrogen and oxygen atoms in total. The molecule has 3 rings (SSSR count). The van der Waals surface area contributed by atoms with Crippen LogP contribution in [0.15, 0.2) is 4.52 Å². The molecular formula is C19H31N3O2S2. The number of aromatic nitrogens is 1. The quantitative estimate of drug-likeness (QED) is 0.511. The fraction of sp³-hybridized carbons (Fsp3) is 0.789. The zero-order valence-corrected chi connectivity index (χ0v) is 17.7. The highest BCUT2D eigenvalue weighted by molar-refractivity contribution is 8.77. The topological polar surface area (TPSA) is 49.6 Å². The highest BCUT2D eigenvalue weighted by atomic mass is 33.1. The van der Waals surface area contributed by atoms with Crippen LogP contribution in [0.1, 0.15) is 55.5 Å². The average Bonchev–Trinajstić information content (AvgIpc) is 3.18. The predicted molar refractivity (Wildman–Crippen MR) is 109 cm³/mol. The fourth-order valence-electron chi connectivity index (χ4n) is 3.70. The van der Waals surface area contributed by atoms with Crippen LogP contribution in [0.3, 0.4) is 0 Å². The summed E-state index contributed by atoms with van der Waals surface area (Å²) in [6.07, 6.45) is 6.61. The second-order valence-electron chi connectivity index (χ2n) is 7.39. The van der Waals surface area contributed by atoms with Gasteiger partial charge in [0, 0.05) is 55.7 Å². The second kappa shape index (κ2) is 10.0. The van der Waals surface area contributed by atoms with Gasteiger partial charge in [-0.05, 0) is 39.5 Å². The van der Waals surface area contributed by atoms with Gasteiger partial charge < -0.3 is 9.42 Å². The molecule has 7 heteroatoms. The number of aryl methyl sites for hydroxylation is 2. The average molecular weight is 398 g/mol. The molecule has 0 aromatic carbocycles. The normalized spacial score (nSPS) is 21.9. The molecule has 1 atom stereocenters. The summed E-state index contributed by atoms with van der Waals surface area (Å²) in [7, 11) is 4.04. The van der Waals surface area contributed by atoms with Gasteiger partial charge in [-0.2, -0.15) is 0 Å². The lowest BCUT2D eigenvalue weighted by Crippen LogP contribution is -2.35. The Balaban J connectivity index is 1.37. The van der Waals surface area contributed by atoms with Gasteiger partial charge in [0.1, 0.15) is 5.76 Å². The lowest BCUT2D eigenvalue weighted by molar-refractivity contribution is -0.131. The van der Waals surface area contributed by atoms with E-state index in [0.717, 1.165) is 62.3 Å². The lowest BCUT2D eigenvalue weighted by Gasteiger charge is -2.22. The van der Waals surface area contributed by atoms with E-state index in [9.17, 15) is 4.79 Å². The first-order chi connectivity index (χ1) is 12.6. The summed E-state index contributed by atoms with van der Waals surface area (Å²) < 4.78 is 5.28. The van der Waals surface area contributed by atoms with Crippen LogP contribution in [0.2, 0.25) is 0 Å². The number of carbonyl (C=O) groups excluding carboxylic acids is 1. The summed E-state index contributed by atoms with van der Waals surface area (Å²) >= 11 is 0. The molecule has 0 radical (unpaired) electrons. The van der Waals surface area contributed by atoms with Crippen LogP contribution in [0, 0.1) is 13.8 Å². The van der Waals surface area contributed by atoms with Gasteiger partial charge in [0.25, 0.3) is 0 Å². The Bertz CT molecular complexity index is 568. The van der Waals surface area contributed by atoms with Crippen molar-refractivity contribution in [2.24, 2.45) is 0 Å². The number of hydrogen-bond donors (Lipinski definition) is 0. The van der Waals surface area contributed by atoms with Crippen LogP contribution in [-0.4, -0.2) is 58.0 Å². The van der Waals surface area contributed by atoms with Crippen LogP contribution in [-0.2, 0) is 11.3 Å². The van der Waals surface area contributed by atoms with Gasteiger partial charge in [0.15, 0.2) is 0 Å². The summed E-state index contributed by atoms with van der Waals surface area (Å²) in [6, 6.07) is 0. The van der Waals surface area contributed by atoms with E-state index < -0.39 is 0 Å². The van der Waals surface area contributed by atoms with Crippen LogP contribution in [0.5, 0.6) is 0 Å². The van der Waals surface area contributed by atoms with Crippen molar-refractivity contribution in [3.63, 3.8) is 0 Å². The molecule has 0 N–H and O–H groups in total. The maximum Gasteiger partial charge on any atom is 0.222 e. The molecule has 1 unspecified atom stereocenters. The number of hydrogen-bond acceptors (Lipinski definition) is 6. The van der Waals surface area contributed by atoms with Crippen molar-refractivity contribution in [1.29, 1.82) is 0 Å². The van der Waals surface area contributed by atoms with E-state index in [4.69, 9.17) is 4.52 Å². The third-order valence-corrected chi connectivity index (χ3v) is 8.40. The first kappa shape index (κ1) is 20.1. The van der Waals surface area contributed by atoms with Crippen molar-refractivity contribution >= 4 is 27.5 Å². The zero-order valence-electron chi connectivity index (χ0n) is 16.0. The van der Waals surface area contributed by atoms with Crippen LogP contribution < -0.4 is 0 Å². The molecule has 26 heavy (non-hydrogen) atoms. The molecule has 1 aromatic heterocycles. The molecule has 0 bridgehead atoms. The summed E-state index contributed by atoms with van der Waals surface area (Å²) in [5.41, 5.74) is 2.19. The lowest BCUT2D eigenvalue weighted by atomic mass is 10.1. The molecule has 0 spiro atoms. The summed E-state index contributed by atoms with van der Waals surface area (Å²) in [5, 5.41) is 4.87. The Morgan fingerprint density at radius 1 is 1.23 bits per heavy atom. The summed E-state index contributed by atoms with van der Waals surface area (Å²) in [4.78, 5) is 17.1. The molecular weight excluding hydrogens is 366 g/mol. The minimum Gasteiger partial charge on any atom is -0.361 e. The highest BCUT2D eigenvalue weighted by Gasteiger charge is 2.21. The Morgan fingerprint density at radius 2 is 2.12 bits per heavy atom. The van der Waals surface area contributed by atoms with E-state index in [1.54, 1.807) is 0 Å². The van der Waals surface area contributed by atoms with Crippen LogP contribution in [0.25, 0.3) is 0 Å². The summed E-state index contributed by atoms with van der Waals surface area (Å²) in [6.45, 7) is 8.56. The minimum absolute atomic E-state index is 0.345. The second-order valence-corrected chi connectivity index (χ2v) is 10.2. The number of amides is 1. The van der Waals surface area contributed by atoms with Crippen molar-refractivity contribution in [1.82, 2.24) is 15.0 Å². The third-order valence-electron chi connectivity index (χ3n) is 5.40. The van der Waals surface area contributed by atoms with Gasteiger partial charge >= 0.3 is 0 Å². The molecule has 0 aliphatic carbocycles. The van der Waals surface area contributed by atoms with Gasteiger partial charge in [-0.25, -0.2) is 0 Å². The number of carbonyl (C=O) groups is 1. The molecule has 1 aromatic rings. The molecule has 0 saturated carbocycles. The first-order valence-corrected chi connectivity index (χ1v) is 12.2. The molecule has 2 aliphatic rings.